The Kier molecular flexibility index (Phi) is 2.55. The summed E-state index contributed by atoms with van der Waals surface area (Å²) in [7, 11) is 0. The van der Waals surface area contributed by atoms with Gasteiger partial charge in [0.1, 0.15) is 0 Å². The molecule has 0 saturated heterocycles. The summed E-state index contributed by atoms with van der Waals surface area (Å²) < 4.78 is 4.28. The van der Waals surface area contributed by atoms with Crippen LogP contribution in [0.1, 0.15) is 23.3 Å². The minimum atomic E-state index is -0.491. The SMILES string of the molecule is Nc1nonc1C(=O)NCC(O)C1CC1. The van der Waals surface area contributed by atoms with E-state index in [-0.39, 0.29) is 18.1 Å². The average molecular weight is 212 g/mol. The highest BCUT2D eigenvalue weighted by molar-refractivity contribution is 5.95. The van der Waals surface area contributed by atoms with Crippen molar-refractivity contribution in [1.82, 2.24) is 15.6 Å². The van der Waals surface area contributed by atoms with Crippen molar-refractivity contribution < 1.29 is 14.5 Å². The van der Waals surface area contributed by atoms with Gasteiger partial charge in [0.15, 0.2) is 0 Å². The Morgan fingerprint density at radius 3 is 2.93 bits per heavy atom. The predicted molar refractivity (Wildman–Crippen MR) is 49.8 cm³/mol. The summed E-state index contributed by atoms with van der Waals surface area (Å²) in [6, 6.07) is 0. The molecule has 7 heteroatoms. The van der Waals surface area contributed by atoms with Crippen LogP contribution in [-0.4, -0.2) is 34.0 Å². The van der Waals surface area contributed by atoms with Gasteiger partial charge in [-0.2, -0.15) is 0 Å². The molecule has 2 rings (SSSR count). The summed E-state index contributed by atoms with van der Waals surface area (Å²) >= 11 is 0. The fourth-order valence-electron chi connectivity index (χ4n) is 1.28. The lowest BCUT2D eigenvalue weighted by molar-refractivity contribution is 0.0892. The predicted octanol–water partition coefficient (Wildman–Crippen LogP) is -0.848. The normalized spacial score (nSPS) is 17.4. The third-order valence-corrected chi connectivity index (χ3v) is 2.37. The minimum Gasteiger partial charge on any atom is -0.391 e. The van der Waals surface area contributed by atoms with Gasteiger partial charge in [-0.25, -0.2) is 4.63 Å². The molecule has 1 aromatic rings. The first-order valence-corrected chi connectivity index (χ1v) is 4.72. The lowest BCUT2D eigenvalue weighted by Gasteiger charge is -2.08. The molecule has 1 heterocycles. The van der Waals surface area contributed by atoms with Gasteiger partial charge >= 0.3 is 0 Å². The molecule has 1 aliphatic rings. The van der Waals surface area contributed by atoms with E-state index in [9.17, 15) is 9.90 Å². The summed E-state index contributed by atoms with van der Waals surface area (Å²) in [5.41, 5.74) is 5.29. The van der Waals surface area contributed by atoms with Crippen LogP contribution in [0, 0.1) is 5.92 Å². The first-order valence-electron chi connectivity index (χ1n) is 4.72. The van der Waals surface area contributed by atoms with Crippen LogP contribution in [0.15, 0.2) is 4.63 Å². The Balaban J connectivity index is 1.84. The monoisotopic (exact) mass is 212 g/mol. The summed E-state index contributed by atoms with van der Waals surface area (Å²) in [6.07, 6.45) is 1.55. The highest BCUT2D eigenvalue weighted by Crippen LogP contribution is 2.32. The van der Waals surface area contributed by atoms with Gasteiger partial charge in [-0.05, 0) is 29.1 Å². The van der Waals surface area contributed by atoms with Crippen LogP contribution < -0.4 is 11.1 Å². The number of carbonyl (C=O) groups excluding carboxylic acids is 1. The molecule has 1 aliphatic carbocycles. The van der Waals surface area contributed by atoms with Crippen LogP contribution in [0.2, 0.25) is 0 Å². The van der Waals surface area contributed by atoms with E-state index >= 15 is 0 Å². The number of aliphatic hydroxyl groups excluding tert-OH is 1. The Morgan fingerprint density at radius 1 is 1.67 bits per heavy atom. The molecule has 0 radical (unpaired) electrons. The van der Waals surface area contributed by atoms with Crippen molar-refractivity contribution in [3.63, 3.8) is 0 Å². The number of rotatable bonds is 4. The Bertz CT molecular complexity index is 361. The molecule has 4 N–H and O–H groups in total. The maximum Gasteiger partial charge on any atom is 0.277 e. The molecule has 1 unspecified atom stereocenters. The van der Waals surface area contributed by atoms with Crippen molar-refractivity contribution in [2.75, 3.05) is 12.3 Å². The highest BCUT2D eigenvalue weighted by Gasteiger charge is 2.30. The van der Waals surface area contributed by atoms with Crippen LogP contribution in [0.3, 0.4) is 0 Å². The molecular formula is C8H12N4O3. The molecule has 0 aromatic carbocycles. The molecule has 1 aromatic heterocycles. The summed E-state index contributed by atoms with van der Waals surface area (Å²) in [5.74, 6) is -0.208. The van der Waals surface area contributed by atoms with Gasteiger partial charge in [0.2, 0.25) is 11.5 Å². The highest BCUT2D eigenvalue weighted by atomic mass is 16.6. The van der Waals surface area contributed by atoms with Crippen LogP contribution in [0.25, 0.3) is 0 Å². The fourth-order valence-corrected chi connectivity index (χ4v) is 1.28. The first-order chi connectivity index (χ1) is 7.18. The van der Waals surface area contributed by atoms with Crippen molar-refractivity contribution in [1.29, 1.82) is 0 Å². The molecule has 0 spiro atoms. The smallest absolute Gasteiger partial charge is 0.277 e. The zero-order valence-electron chi connectivity index (χ0n) is 8.01. The molecule has 7 nitrogen and oxygen atoms in total. The van der Waals surface area contributed by atoms with E-state index in [1.807, 2.05) is 0 Å². The summed E-state index contributed by atoms with van der Waals surface area (Å²) in [6.45, 7) is 0.204. The molecular weight excluding hydrogens is 200 g/mol. The van der Waals surface area contributed by atoms with Gasteiger partial charge in [-0.3, -0.25) is 4.79 Å². The third-order valence-electron chi connectivity index (χ3n) is 2.37. The van der Waals surface area contributed by atoms with Crippen molar-refractivity contribution in [3.8, 4) is 0 Å². The van der Waals surface area contributed by atoms with Crippen LogP contribution in [0.4, 0.5) is 5.82 Å². The average Bonchev–Trinajstić information content (AvgIpc) is 2.98. The second-order valence-corrected chi connectivity index (χ2v) is 3.61. The standard InChI is InChI=1S/C8H12N4O3/c9-7-6(11-15-12-7)8(14)10-3-5(13)4-1-2-4/h4-5,13H,1-3H2,(H2,9,12)(H,10,14). The zero-order chi connectivity index (χ0) is 10.8. The van der Waals surface area contributed by atoms with Gasteiger partial charge in [0, 0.05) is 6.54 Å². The number of hydrogen-bond donors (Lipinski definition) is 3. The molecule has 1 fully saturated rings. The van der Waals surface area contributed by atoms with Crippen LogP contribution >= 0.6 is 0 Å². The second kappa shape index (κ2) is 3.85. The topological polar surface area (TPSA) is 114 Å². The fraction of sp³-hybridized carbons (Fsp3) is 0.625. The van der Waals surface area contributed by atoms with Crippen LogP contribution in [0.5, 0.6) is 0 Å². The molecule has 0 bridgehead atoms. The largest absolute Gasteiger partial charge is 0.391 e. The van der Waals surface area contributed by atoms with Crippen molar-refractivity contribution in [2.24, 2.45) is 5.92 Å². The van der Waals surface area contributed by atoms with Gasteiger partial charge in [0.05, 0.1) is 6.10 Å². The van der Waals surface area contributed by atoms with E-state index in [4.69, 9.17) is 5.73 Å². The molecule has 15 heavy (non-hydrogen) atoms. The number of nitrogens with one attached hydrogen (secondary N) is 1. The lowest BCUT2D eigenvalue weighted by Crippen LogP contribution is -2.33. The maximum atomic E-state index is 11.4. The zero-order valence-corrected chi connectivity index (χ0v) is 8.01. The van der Waals surface area contributed by atoms with Gasteiger partial charge < -0.3 is 16.2 Å². The number of carbonyl (C=O) groups is 1. The lowest BCUT2D eigenvalue weighted by atomic mass is 10.2. The molecule has 1 atom stereocenters. The molecule has 1 amide bonds. The maximum absolute atomic E-state index is 11.4. The number of nitrogen functional groups attached to an aromatic ring is 1. The third kappa shape index (κ3) is 2.24. The quantitative estimate of drug-likeness (QED) is 0.599. The number of hydrogen-bond acceptors (Lipinski definition) is 6. The Morgan fingerprint density at radius 2 is 2.40 bits per heavy atom. The minimum absolute atomic E-state index is 0.0435. The number of anilines is 1. The first kappa shape index (κ1) is 9.91. The van der Waals surface area contributed by atoms with E-state index in [0.29, 0.717) is 5.92 Å². The van der Waals surface area contributed by atoms with Gasteiger partial charge in [-0.1, -0.05) is 0 Å². The number of aliphatic hydroxyl groups is 1. The van der Waals surface area contributed by atoms with Crippen molar-refractivity contribution >= 4 is 11.7 Å². The second-order valence-electron chi connectivity index (χ2n) is 3.61. The van der Waals surface area contributed by atoms with E-state index in [1.165, 1.54) is 0 Å². The number of nitrogens with two attached hydrogens (primary N) is 1. The molecule has 1 saturated carbocycles. The summed E-state index contributed by atoms with van der Waals surface area (Å²) in [4.78, 5) is 11.4. The summed E-state index contributed by atoms with van der Waals surface area (Å²) in [5, 5.41) is 18.6. The van der Waals surface area contributed by atoms with E-state index in [1.54, 1.807) is 0 Å². The van der Waals surface area contributed by atoms with E-state index in [2.05, 4.69) is 20.3 Å². The van der Waals surface area contributed by atoms with Crippen LogP contribution in [-0.2, 0) is 0 Å². The molecule has 82 valence electrons. The number of aromatic nitrogens is 2. The van der Waals surface area contributed by atoms with E-state index < -0.39 is 12.0 Å². The van der Waals surface area contributed by atoms with Crippen molar-refractivity contribution in [2.45, 2.75) is 18.9 Å². The van der Waals surface area contributed by atoms with Gasteiger partial charge in [-0.15, -0.1) is 0 Å². The van der Waals surface area contributed by atoms with Crippen molar-refractivity contribution in [3.05, 3.63) is 5.69 Å². The Hall–Kier alpha value is -1.63. The molecule has 0 aliphatic heterocycles. The Labute approximate surface area is 85.6 Å². The van der Waals surface area contributed by atoms with E-state index in [0.717, 1.165) is 12.8 Å². The van der Waals surface area contributed by atoms with Gasteiger partial charge in [0.25, 0.3) is 5.91 Å². The number of nitrogens with zero attached hydrogens (tertiary/aromatic N) is 2. The number of amides is 1.